The molecule has 3 nitrogen and oxygen atoms in total. The van der Waals surface area contributed by atoms with Gasteiger partial charge in [-0.25, -0.2) is 4.68 Å². The molecule has 0 saturated carbocycles. The lowest BCUT2D eigenvalue weighted by Gasteiger charge is -2.04. The van der Waals surface area contributed by atoms with Gasteiger partial charge >= 0.3 is 0 Å². The molecule has 3 rings (SSSR count). The Morgan fingerprint density at radius 1 is 1.05 bits per heavy atom. The molecule has 0 fully saturated rings. The van der Waals surface area contributed by atoms with Crippen LogP contribution in [0.4, 0.5) is 0 Å². The molecule has 0 aliphatic heterocycles. The number of benzene rings is 2. The summed E-state index contributed by atoms with van der Waals surface area (Å²) in [5, 5.41) is 5.52. The number of carbonyl (C=O) groups is 1. The maximum atomic E-state index is 11.5. The van der Waals surface area contributed by atoms with Crippen LogP contribution in [-0.4, -0.2) is 16.1 Å². The summed E-state index contributed by atoms with van der Waals surface area (Å²) in [4.78, 5) is 11.5. The summed E-state index contributed by atoms with van der Waals surface area (Å²) in [6.45, 7) is 0. The molecule has 2 aromatic carbocycles. The average Bonchev–Trinajstić information content (AvgIpc) is 2.84. The number of aldehydes is 1. The first-order valence-corrected chi connectivity index (χ1v) is 7.90. The van der Waals surface area contributed by atoms with E-state index in [9.17, 15) is 4.79 Å². The maximum absolute atomic E-state index is 11.5. The third-order valence-electron chi connectivity index (χ3n) is 3.12. The van der Waals surface area contributed by atoms with Gasteiger partial charge in [0.05, 0.1) is 11.3 Å². The van der Waals surface area contributed by atoms with Crippen LogP contribution in [0, 0.1) is 0 Å². The number of nitrogens with zero attached hydrogens (tertiary/aromatic N) is 2. The summed E-state index contributed by atoms with van der Waals surface area (Å²) in [7, 11) is 0. The van der Waals surface area contributed by atoms with Gasteiger partial charge in [-0.05, 0) is 34.1 Å². The van der Waals surface area contributed by atoms with Crippen molar-refractivity contribution in [2.45, 2.75) is 0 Å². The standard InChI is InChI=1S/C16H9BrCl2N2O/c17-16-14(9-22)15(10-4-2-1-3-5-10)20-21(16)13-7-11(18)6-12(19)8-13/h1-9H. The summed E-state index contributed by atoms with van der Waals surface area (Å²) < 4.78 is 2.16. The number of aromatic nitrogens is 2. The van der Waals surface area contributed by atoms with E-state index >= 15 is 0 Å². The van der Waals surface area contributed by atoms with E-state index in [-0.39, 0.29) is 0 Å². The fraction of sp³-hybridized carbons (Fsp3) is 0. The molecule has 0 aliphatic rings. The Kier molecular flexibility index (Phi) is 4.34. The van der Waals surface area contributed by atoms with E-state index < -0.39 is 0 Å². The lowest BCUT2D eigenvalue weighted by atomic mass is 10.1. The van der Waals surface area contributed by atoms with Gasteiger partial charge in [0.25, 0.3) is 0 Å². The van der Waals surface area contributed by atoms with Gasteiger partial charge in [-0.15, -0.1) is 0 Å². The first-order chi connectivity index (χ1) is 10.6. The average molecular weight is 396 g/mol. The normalized spacial score (nSPS) is 10.7. The zero-order chi connectivity index (χ0) is 15.7. The van der Waals surface area contributed by atoms with Crippen LogP contribution < -0.4 is 0 Å². The molecule has 0 radical (unpaired) electrons. The van der Waals surface area contributed by atoms with Gasteiger partial charge in [0.2, 0.25) is 0 Å². The minimum Gasteiger partial charge on any atom is -0.298 e. The summed E-state index contributed by atoms with van der Waals surface area (Å²) in [6.07, 6.45) is 0.780. The van der Waals surface area contributed by atoms with Gasteiger partial charge in [-0.3, -0.25) is 4.79 Å². The SMILES string of the molecule is O=Cc1c(-c2ccccc2)nn(-c2cc(Cl)cc(Cl)c2)c1Br. The minimum absolute atomic E-state index is 0.474. The molecule has 3 aromatic rings. The lowest BCUT2D eigenvalue weighted by molar-refractivity contribution is 0.112. The number of hydrogen-bond acceptors (Lipinski definition) is 2. The van der Waals surface area contributed by atoms with E-state index in [1.54, 1.807) is 22.9 Å². The Balaban J connectivity index is 2.22. The first-order valence-electron chi connectivity index (χ1n) is 6.35. The monoisotopic (exact) mass is 394 g/mol. The minimum atomic E-state index is 0.474. The second kappa shape index (κ2) is 6.24. The summed E-state index contributed by atoms with van der Waals surface area (Å²) in [6, 6.07) is 14.6. The number of halogens is 3. The van der Waals surface area contributed by atoms with Crippen LogP contribution in [0.5, 0.6) is 0 Å². The van der Waals surface area contributed by atoms with Crippen LogP contribution in [0.25, 0.3) is 16.9 Å². The molecule has 1 aromatic heterocycles. The van der Waals surface area contributed by atoms with Crippen molar-refractivity contribution < 1.29 is 4.79 Å². The highest BCUT2D eigenvalue weighted by atomic mass is 79.9. The van der Waals surface area contributed by atoms with E-state index in [0.29, 0.717) is 31.6 Å². The van der Waals surface area contributed by atoms with Crippen molar-refractivity contribution in [2.75, 3.05) is 0 Å². The third kappa shape index (κ3) is 2.82. The number of hydrogen-bond donors (Lipinski definition) is 0. The van der Waals surface area contributed by atoms with Gasteiger partial charge in [0.1, 0.15) is 10.3 Å². The van der Waals surface area contributed by atoms with E-state index in [1.165, 1.54) is 0 Å². The van der Waals surface area contributed by atoms with E-state index in [2.05, 4.69) is 21.0 Å². The Morgan fingerprint density at radius 2 is 1.68 bits per heavy atom. The maximum Gasteiger partial charge on any atom is 0.155 e. The molecule has 110 valence electrons. The Labute approximate surface area is 145 Å². The van der Waals surface area contributed by atoms with Gasteiger partial charge in [0.15, 0.2) is 6.29 Å². The van der Waals surface area contributed by atoms with Crippen LogP contribution in [0.2, 0.25) is 10.0 Å². The van der Waals surface area contributed by atoms with Crippen LogP contribution in [0.3, 0.4) is 0 Å². The molecular formula is C16H9BrCl2N2O. The summed E-state index contributed by atoms with van der Waals surface area (Å²) in [5.74, 6) is 0. The van der Waals surface area contributed by atoms with Crippen LogP contribution in [0.15, 0.2) is 53.1 Å². The predicted molar refractivity (Wildman–Crippen MR) is 92.1 cm³/mol. The van der Waals surface area contributed by atoms with E-state index in [1.807, 2.05) is 30.3 Å². The van der Waals surface area contributed by atoms with Crippen LogP contribution in [0.1, 0.15) is 10.4 Å². The van der Waals surface area contributed by atoms with Gasteiger partial charge in [-0.2, -0.15) is 5.10 Å². The molecule has 22 heavy (non-hydrogen) atoms. The quantitative estimate of drug-likeness (QED) is 0.555. The van der Waals surface area contributed by atoms with Crippen molar-refractivity contribution in [3.63, 3.8) is 0 Å². The molecule has 6 heteroatoms. The summed E-state index contributed by atoms with van der Waals surface area (Å²) in [5.41, 5.74) is 2.60. The van der Waals surface area contributed by atoms with Crippen molar-refractivity contribution in [2.24, 2.45) is 0 Å². The summed E-state index contributed by atoms with van der Waals surface area (Å²) >= 11 is 15.5. The smallest absolute Gasteiger partial charge is 0.155 e. The second-order valence-electron chi connectivity index (χ2n) is 4.58. The predicted octanol–water partition coefficient (Wildman–Crippen LogP) is 5.42. The Morgan fingerprint density at radius 3 is 2.27 bits per heavy atom. The molecule has 0 amide bonds. The van der Waals surface area contributed by atoms with Crippen LogP contribution in [-0.2, 0) is 0 Å². The zero-order valence-corrected chi connectivity index (χ0v) is 14.2. The van der Waals surface area contributed by atoms with Crippen molar-refractivity contribution in [1.82, 2.24) is 9.78 Å². The molecule has 0 bridgehead atoms. The van der Waals surface area contributed by atoms with Gasteiger partial charge in [0, 0.05) is 15.6 Å². The highest BCUT2D eigenvalue weighted by Crippen LogP contribution is 2.31. The highest BCUT2D eigenvalue weighted by Gasteiger charge is 2.18. The molecule has 0 atom stereocenters. The van der Waals surface area contributed by atoms with Crippen molar-refractivity contribution in [1.29, 1.82) is 0 Å². The largest absolute Gasteiger partial charge is 0.298 e. The van der Waals surface area contributed by atoms with Crippen molar-refractivity contribution >= 4 is 45.4 Å². The fourth-order valence-electron chi connectivity index (χ4n) is 2.16. The second-order valence-corrected chi connectivity index (χ2v) is 6.20. The molecule has 0 unspecified atom stereocenters. The zero-order valence-electron chi connectivity index (χ0n) is 11.1. The molecule has 0 N–H and O–H groups in total. The number of rotatable bonds is 3. The Bertz CT molecular complexity index is 827. The molecule has 0 aliphatic carbocycles. The van der Waals surface area contributed by atoms with Crippen LogP contribution >= 0.6 is 39.1 Å². The molecular weight excluding hydrogens is 387 g/mol. The van der Waals surface area contributed by atoms with E-state index in [0.717, 1.165) is 11.8 Å². The highest BCUT2D eigenvalue weighted by molar-refractivity contribution is 9.10. The molecule has 0 saturated heterocycles. The van der Waals surface area contributed by atoms with Gasteiger partial charge in [-0.1, -0.05) is 53.5 Å². The van der Waals surface area contributed by atoms with Gasteiger partial charge < -0.3 is 0 Å². The van der Waals surface area contributed by atoms with E-state index in [4.69, 9.17) is 23.2 Å². The molecule has 1 heterocycles. The lowest BCUT2D eigenvalue weighted by Crippen LogP contribution is -1.97. The third-order valence-corrected chi connectivity index (χ3v) is 4.32. The van der Waals surface area contributed by atoms with Crippen molar-refractivity contribution in [3.8, 4) is 16.9 Å². The first kappa shape index (κ1) is 15.3. The molecule has 0 spiro atoms. The topological polar surface area (TPSA) is 34.9 Å². The number of carbonyl (C=O) groups excluding carboxylic acids is 1. The fourth-order valence-corrected chi connectivity index (χ4v) is 3.24. The Hall–Kier alpha value is -1.62. The van der Waals surface area contributed by atoms with Crippen molar-refractivity contribution in [3.05, 3.63) is 68.7 Å².